The van der Waals surface area contributed by atoms with E-state index in [4.69, 9.17) is 15.6 Å². The van der Waals surface area contributed by atoms with Gasteiger partial charge in [0.1, 0.15) is 12.0 Å². The van der Waals surface area contributed by atoms with Crippen molar-refractivity contribution < 1.29 is 9.84 Å². The van der Waals surface area contributed by atoms with Crippen LogP contribution in [0, 0.1) is 12.8 Å². The Hall–Kier alpha value is -1.84. The minimum absolute atomic E-state index is 0.0202. The fraction of sp³-hybridized carbons (Fsp3) is 0.600. The van der Waals surface area contributed by atoms with Gasteiger partial charge in [-0.1, -0.05) is 27.7 Å². The molecule has 21 heavy (non-hydrogen) atoms. The predicted octanol–water partition coefficient (Wildman–Crippen LogP) is 1.80. The van der Waals surface area contributed by atoms with E-state index in [1.54, 1.807) is 12.3 Å². The second-order valence-corrected chi connectivity index (χ2v) is 3.51. The molecule has 2 unspecified atom stereocenters. The van der Waals surface area contributed by atoms with Crippen molar-refractivity contribution in [2.75, 3.05) is 12.3 Å². The number of anilines is 1. The lowest BCUT2D eigenvalue weighted by Crippen LogP contribution is -2.27. The summed E-state index contributed by atoms with van der Waals surface area (Å²) in [6.07, 6.45) is 10.5. The van der Waals surface area contributed by atoms with Crippen LogP contribution in [0.5, 0.6) is 0 Å². The molecule has 0 aromatic carbocycles. The number of aliphatic hydroxyl groups excluding tert-OH is 1. The Morgan fingerprint density at radius 1 is 1.38 bits per heavy atom. The average molecular weight is 297 g/mol. The second-order valence-electron chi connectivity index (χ2n) is 3.51. The molecule has 2 heterocycles. The highest BCUT2D eigenvalue weighted by molar-refractivity contribution is 5.23. The summed E-state index contributed by atoms with van der Waals surface area (Å²) in [5.74, 6) is 0.202. The van der Waals surface area contributed by atoms with Crippen molar-refractivity contribution in [3.05, 3.63) is 22.7 Å². The molecule has 0 spiro atoms. The number of terminal acetylenes is 1. The summed E-state index contributed by atoms with van der Waals surface area (Å²) >= 11 is 0. The van der Waals surface area contributed by atoms with Crippen LogP contribution in [0.25, 0.3) is 0 Å². The maximum absolute atomic E-state index is 11.5. The first kappa shape index (κ1) is 21.5. The molecule has 0 radical (unpaired) electrons. The van der Waals surface area contributed by atoms with E-state index < -0.39 is 5.69 Å². The van der Waals surface area contributed by atoms with Crippen LogP contribution < -0.4 is 11.4 Å². The van der Waals surface area contributed by atoms with Crippen LogP contribution in [-0.2, 0) is 4.74 Å². The number of nitrogens with two attached hydrogens (primary N) is 1. The first-order chi connectivity index (χ1) is 10.2. The summed E-state index contributed by atoms with van der Waals surface area (Å²) in [4.78, 5) is 15.1. The Balaban J connectivity index is 0. The molecule has 2 rings (SSSR count). The molecule has 0 saturated carbocycles. The van der Waals surface area contributed by atoms with Crippen molar-refractivity contribution in [1.82, 2.24) is 9.55 Å². The molecule has 1 aromatic heterocycles. The van der Waals surface area contributed by atoms with Crippen molar-refractivity contribution in [3.8, 4) is 12.8 Å². The molecule has 2 atom stereocenters. The molecule has 3 N–H and O–H groups in total. The van der Waals surface area contributed by atoms with Gasteiger partial charge in [0.05, 0.1) is 12.7 Å². The summed E-state index contributed by atoms with van der Waals surface area (Å²) in [5.41, 5.74) is 4.96. The third-order valence-corrected chi connectivity index (χ3v) is 2.45. The molecule has 1 aliphatic rings. The molecule has 1 aromatic rings. The van der Waals surface area contributed by atoms with Crippen LogP contribution >= 0.6 is 0 Å². The van der Waals surface area contributed by atoms with Crippen molar-refractivity contribution in [1.29, 1.82) is 0 Å². The second kappa shape index (κ2) is 13.2. The highest BCUT2D eigenvalue weighted by atomic mass is 16.5. The fourth-order valence-electron chi connectivity index (χ4n) is 1.67. The molecule has 120 valence electrons. The molecule has 6 heteroatoms. The minimum atomic E-state index is -0.418. The van der Waals surface area contributed by atoms with E-state index in [0.717, 1.165) is 6.42 Å². The Morgan fingerprint density at radius 2 is 1.95 bits per heavy atom. The SMILES string of the molecule is C#C.CC.CC.Nc1ccn(C2CCC(CO)O2)c(=O)n1. The number of aliphatic hydroxyl groups is 1. The Kier molecular flexibility index (Phi) is 13.4. The van der Waals surface area contributed by atoms with Crippen molar-refractivity contribution in [2.24, 2.45) is 0 Å². The lowest BCUT2D eigenvalue weighted by molar-refractivity contribution is -0.0245. The maximum Gasteiger partial charge on any atom is 0.351 e. The zero-order chi connectivity index (χ0) is 16.8. The Morgan fingerprint density at radius 3 is 2.38 bits per heavy atom. The number of nitrogens with zero attached hydrogens (tertiary/aromatic N) is 2. The maximum atomic E-state index is 11.5. The number of rotatable bonds is 2. The van der Waals surface area contributed by atoms with E-state index in [1.165, 1.54) is 4.57 Å². The van der Waals surface area contributed by atoms with Gasteiger partial charge in [-0.05, 0) is 18.9 Å². The molecule has 1 saturated heterocycles. The molecule has 0 bridgehead atoms. The van der Waals surface area contributed by atoms with Gasteiger partial charge in [0, 0.05) is 6.20 Å². The number of nitrogen functional groups attached to an aromatic ring is 1. The van der Waals surface area contributed by atoms with Crippen LogP contribution in [0.15, 0.2) is 17.1 Å². The Labute approximate surface area is 127 Å². The van der Waals surface area contributed by atoms with Crippen LogP contribution in [0.3, 0.4) is 0 Å². The van der Waals surface area contributed by atoms with Crippen molar-refractivity contribution in [3.63, 3.8) is 0 Å². The summed E-state index contributed by atoms with van der Waals surface area (Å²) in [7, 11) is 0. The number of aromatic nitrogens is 2. The largest absolute Gasteiger partial charge is 0.394 e. The summed E-state index contributed by atoms with van der Waals surface area (Å²) in [6.45, 7) is 7.98. The van der Waals surface area contributed by atoms with Crippen LogP contribution in [-0.4, -0.2) is 27.4 Å². The molecule has 1 fully saturated rings. The number of ether oxygens (including phenoxy) is 1. The molecule has 1 aliphatic heterocycles. The Bertz CT molecular complexity index is 443. The highest BCUT2D eigenvalue weighted by Crippen LogP contribution is 2.26. The first-order valence-electron chi connectivity index (χ1n) is 7.15. The van der Waals surface area contributed by atoms with Gasteiger partial charge in [-0.2, -0.15) is 4.98 Å². The van der Waals surface area contributed by atoms with Crippen LogP contribution in [0.2, 0.25) is 0 Å². The zero-order valence-corrected chi connectivity index (χ0v) is 13.3. The van der Waals surface area contributed by atoms with Gasteiger partial charge >= 0.3 is 5.69 Å². The van der Waals surface area contributed by atoms with Gasteiger partial charge in [-0.3, -0.25) is 4.57 Å². The zero-order valence-electron chi connectivity index (χ0n) is 13.3. The molecular formula is C15H27N3O3. The third kappa shape index (κ3) is 6.93. The quantitative estimate of drug-likeness (QED) is 0.812. The predicted molar refractivity (Wildman–Crippen MR) is 85.7 cm³/mol. The van der Waals surface area contributed by atoms with Gasteiger partial charge in [0.25, 0.3) is 0 Å². The van der Waals surface area contributed by atoms with E-state index >= 15 is 0 Å². The van der Waals surface area contributed by atoms with E-state index in [1.807, 2.05) is 27.7 Å². The summed E-state index contributed by atoms with van der Waals surface area (Å²) in [5, 5.41) is 8.90. The summed E-state index contributed by atoms with van der Waals surface area (Å²) in [6, 6.07) is 1.55. The normalized spacial score (nSPS) is 19.0. The van der Waals surface area contributed by atoms with Gasteiger partial charge in [-0.25, -0.2) is 4.79 Å². The van der Waals surface area contributed by atoms with Gasteiger partial charge in [0.15, 0.2) is 0 Å². The first-order valence-corrected chi connectivity index (χ1v) is 7.15. The van der Waals surface area contributed by atoms with Gasteiger partial charge in [0.2, 0.25) is 0 Å². The average Bonchev–Trinajstić information content (AvgIpc) is 3.02. The van der Waals surface area contributed by atoms with Crippen molar-refractivity contribution >= 4 is 5.82 Å². The van der Waals surface area contributed by atoms with Gasteiger partial charge < -0.3 is 15.6 Å². The van der Waals surface area contributed by atoms with E-state index in [9.17, 15) is 4.79 Å². The van der Waals surface area contributed by atoms with Crippen molar-refractivity contribution in [2.45, 2.75) is 52.9 Å². The monoisotopic (exact) mass is 297 g/mol. The minimum Gasteiger partial charge on any atom is -0.394 e. The topological polar surface area (TPSA) is 90.4 Å². The molecular weight excluding hydrogens is 270 g/mol. The van der Waals surface area contributed by atoms with Crippen LogP contribution in [0.4, 0.5) is 5.82 Å². The van der Waals surface area contributed by atoms with E-state index in [2.05, 4.69) is 17.8 Å². The fourth-order valence-corrected chi connectivity index (χ4v) is 1.67. The molecule has 0 aliphatic carbocycles. The lowest BCUT2D eigenvalue weighted by Gasteiger charge is -2.14. The lowest BCUT2D eigenvalue weighted by atomic mass is 10.2. The highest BCUT2D eigenvalue weighted by Gasteiger charge is 2.26. The number of hydrogen-bond donors (Lipinski definition) is 2. The number of hydrogen-bond acceptors (Lipinski definition) is 5. The van der Waals surface area contributed by atoms with Crippen LogP contribution in [0.1, 0.15) is 46.8 Å². The molecule has 6 nitrogen and oxygen atoms in total. The standard InChI is InChI=1S/C9H13N3O3.2C2H6.C2H2/c10-7-3-4-12(9(14)11-7)8-2-1-6(5-13)15-8;3*1-2/h3-4,6,8,13H,1-2,5H2,(H2,10,11,14);2*1-2H3;1-2H. The third-order valence-electron chi connectivity index (χ3n) is 2.45. The van der Waals surface area contributed by atoms with E-state index in [-0.39, 0.29) is 24.8 Å². The van der Waals surface area contributed by atoms with Gasteiger partial charge in [-0.15, -0.1) is 12.8 Å². The summed E-state index contributed by atoms with van der Waals surface area (Å²) < 4.78 is 6.84. The van der Waals surface area contributed by atoms with E-state index in [0.29, 0.717) is 6.42 Å². The molecule has 0 amide bonds. The smallest absolute Gasteiger partial charge is 0.351 e.